The fourth-order valence-corrected chi connectivity index (χ4v) is 2.23. The molecule has 0 aliphatic carbocycles. The van der Waals surface area contributed by atoms with Crippen molar-refractivity contribution < 1.29 is 26.7 Å². The monoisotopic (exact) mass is 324 g/mol. The van der Waals surface area contributed by atoms with E-state index >= 15 is 0 Å². The maximum absolute atomic E-state index is 13.4. The summed E-state index contributed by atoms with van der Waals surface area (Å²) in [5.41, 5.74) is -0.516. The van der Waals surface area contributed by atoms with Crippen LogP contribution < -0.4 is 0 Å². The summed E-state index contributed by atoms with van der Waals surface area (Å²) in [4.78, 5) is 0. The third-order valence-electron chi connectivity index (χ3n) is 4.10. The summed E-state index contributed by atoms with van der Waals surface area (Å²) in [5, 5.41) is 0. The highest BCUT2D eigenvalue weighted by molar-refractivity contribution is 5.30. The van der Waals surface area contributed by atoms with Crippen LogP contribution in [0.4, 0.5) is 22.0 Å². The Hall–Kier alpha value is -1.17. The van der Waals surface area contributed by atoms with Gasteiger partial charge in [-0.25, -0.2) is 0 Å². The second-order valence-electron chi connectivity index (χ2n) is 5.75. The van der Waals surface area contributed by atoms with E-state index < -0.39 is 24.1 Å². The van der Waals surface area contributed by atoms with E-state index in [0.29, 0.717) is 5.56 Å². The summed E-state index contributed by atoms with van der Waals surface area (Å²) in [6, 6.07) is 6.64. The SMILES string of the molecule is CCC(C)c1cccc(C(C)(CC(F)(F)C(F)(F)F)OC)c1. The second kappa shape index (κ2) is 6.52. The first-order valence-corrected chi connectivity index (χ1v) is 7.07. The van der Waals surface area contributed by atoms with Crippen molar-refractivity contribution in [1.29, 1.82) is 0 Å². The van der Waals surface area contributed by atoms with E-state index in [2.05, 4.69) is 0 Å². The van der Waals surface area contributed by atoms with E-state index in [1.54, 1.807) is 12.1 Å². The van der Waals surface area contributed by atoms with Crippen LogP contribution in [-0.2, 0) is 10.3 Å². The lowest BCUT2D eigenvalue weighted by Crippen LogP contribution is -2.43. The van der Waals surface area contributed by atoms with Crippen molar-refractivity contribution in [3.8, 4) is 0 Å². The maximum atomic E-state index is 13.4. The maximum Gasteiger partial charge on any atom is 0.453 e. The molecule has 0 saturated carbocycles. The number of ether oxygens (including phenoxy) is 1. The smallest absolute Gasteiger partial charge is 0.374 e. The minimum Gasteiger partial charge on any atom is -0.374 e. The van der Waals surface area contributed by atoms with E-state index in [1.807, 2.05) is 19.9 Å². The molecule has 126 valence electrons. The quantitative estimate of drug-likeness (QED) is 0.614. The normalized spacial score (nSPS) is 17.1. The van der Waals surface area contributed by atoms with Crippen LogP contribution in [0, 0.1) is 0 Å². The number of methoxy groups -OCH3 is 1. The molecule has 0 spiro atoms. The topological polar surface area (TPSA) is 9.23 Å². The van der Waals surface area contributed by atoms with E-state index in [-0.39, 0.29) is 5.92 Å². The molecule has 0 aliphatic heterocycles. The Morgan fingerprint density at radius 1 is 1.14 bits per heavy atom. The molecule has 0 heterocycles. The Morgan fingerprint density at radius 3 is 2.18 bits per heavy atom. The molecule has 0 bridgehead atoms. The van der Waals surface area contributed by atoms with Gasteiger partial charge in [0.1, 0.15) is 0 Å². The standard InChI is InChI=1S/C16H21F5O/c1-5-11(2)12-7-6-8-13(9-12)14(3,22-4)10-15(17,18)16(19,20)21/h6-9,11H,5,10H2,1-4H3. The molecule has 0 aromatic heterocycles. The number of rotatable bonds is 6. The summed E-state index contributed by atoms with van der Waals surface area (Å²) >= 11 is 0. The van der Waals surface area contributed by atoms with E-state index in [4.69, 9.17) is 4.74 Å². The average Bonchev–Trinajstić information content (AvgIpc) is 2.44. The van der Waals surface area contributed by atoms with Gasteiger partial charge < -0.3 is 4.74 Å². The fourth-order valence-electron chi connectivity index (χ4n) is 2.23. The zero-order valence-corrected chi connectivity index (χ0v) is 13.1. The minimum atomic E-state index is -5.60. The highest BCUT2D eigenvalue weighted by Gasteiger charge is 2.60. The van der Waals surface area contributed by atoms with E-state index in [0.717, 1.165) is 19.1 Å². The van der Waals surface area contributed by atoms with Gasteiger partial charge in [0.15, 0.2) is 0 Å². The summed E-state index contributed by atoms with van der Waals surface area (Å²) < 4.78 is 69.3. The highest BCUT2D eigenvalue weighted by atomic mass is 19.4. The van der Waals surface area contributed by atoms with Crippen LogP contribution in [0.5, 0.6) is 0 Å². The molecule has 0 fully saturated rings. The third-order valence-corrected chi connectivity index (χ3v) is 4.10. The Labute approximate surface area is 127 Å². The van der Waals surface area contributed by atoms with Gasteiger partial charge >= 0.3 is 12.1 Å². The average molecular weight is 324 g/mol. The minimum absolute atomic E-state index is 0.184. The van der Waals surface area contributed by atoms with Crippen molar-refractivity contribution in [2.24, 2.45) is 0 Å². The van der Waals surface area contributed by atoms with Crippen molar-refractivity contribution >= 4 is 0 Å². The van der Waals surface area contributed by atoms with Crippen LogP contribution >= 0.6 is 0 Å². The van der Waals surface area contributed by atoms with Crippen LogP contribution in [0.15, 0.2) is 24.3 Å². The van der Waals surface area contributed by atoms with Crippen molar-refractivity contribution in [3.05, 3.63) is 35.4 Å². The van der Waals surface area contributed by atoms with Gasteiger partial charge in [-0.15, -0.1) is 0 Å². The number of halogens is 5. The van der Waals surface area contributed by atoms with Gasteiger partial charge in [0.05, 0.1) is 12.0 Å². The first kappa shape index (κ1) is 18.9. The molecule has 0 amide bonds. The number of alkyl halides is 5. The van der Waals surface area contributed by atoms with Gasteiger partial charge in [0.25, 0.3) is 0 Å². The Morgan fingerprint density at radius 2 is 1.73 bits per heavy atom. The molecular formula is C16H21F5O. The first-order chi connectivity index (χ1) is 9.97. The van der Waals surface area contributed by atoms with Crippen LogP contribution in [0.3, 0.4) is 0 Å². The molecule has 1 aromatic rings. The van der Waals surface area contributed by atoms with Crippen LogP contribution in [0.1, 0.15) is 50.7 Å². The van der Waals surface area contributed by atoms with Gasteiger partial charge in [-0.3, -0.25) is 0 Å². The van der Waals surface area contributed by atoms with E-state index in [1.165, 1.54) is 13.0 Å². The summed E-state index contributed by atoms with van der Waals surface area (Å²) in [7, 11) is 1.14. The molecule has 0 radical (unpaired) electrons. The largest absolute Gasteiger partial charge is 0.453 e. The molecule has 1 nitrogen and oxygen atoms in total. The Bertz CT molecular complexity index is 498. The van der Waals surface area contributed by atoms with Gasteiger partial charge in [-0.2, -0.15) is 22.0 Å². The molecule has 0 N–H and O–H groups in total. The second-order valence-corrected chi connectivity index (χ2v) is 5.75. The fraction of sp³-hybridized carbons (Fsp3) is 0.625. The van der Waals surface area contributed by atoms with Gasteiger partial charge in [-0.05, 0) is 30.4 Å². The molecule has 1 rings (SSSR count). The summed E-state index contributed by atoms with van der Waals surface area (Å²) in [6.07, 6.45) is -6.21. The lowest BCUT2D eigenvalue weighted by Gasteiger charge is -2.33. The molecule has 0 aliphatic rings. The van der Waals surface area contributed by atoms with Crippen molar-refractivity contribution in [1.82, 2.24) is 0 Å². The van der Waals surface area contributed by atoms with Crippen LogP contribution in [0.2, 0.25) is 0 Å². The molecule has 6 heteroatoms. The third kappa shape index (κ3) is 3.97. The molecule has 0 saturated heterocycles. The number of hydrogen-bond acceptors (Lipinski definition) is 1. The van der Waals surface area contributed by atoms with Crippen LogP contribution in [0.25, 0.3) is 0 Å². The van der Waals surface area contributed by atoms with Gasteiger partial charge in [0.2, 0.25) is 0 Å². The zero-order valence-electron chi connectivity index (χ0n) is 13.1. The number of hydrogen-bond donors (Lipinski definition) is 0. The Balaban J connectivity index is 3.19. The lowest BCUT2D eigenvalue weighted by atomic mass is 9.86. The predicted octanol–water partition coefficient (Wildman–Crippen LogP) is 5.65. The lowest BCUT2D eigenvalue weighted by molar-refractivity contribution is -0.298. The summed E-state index contributed by atoms with van der Waals surface area (Å²) in [5.74, 6) is -4.63. The van der Waals surface area contributed by atoms with Crippen LogP contribution in [-0.4, -0.2) is 19.2 Å². The van der Waals surface area contributed by atoms with Gasteiger partial charge in [0, 0.05) is 7.11 Å². The molecular weight excluding hydrogens is 303 g/mol. The molecule has 2 atom stereocenters. The molecule has 1 aromatic carbocycles. The van der Waals surface area contributed by atoms with Gasteiger partial charge in [-0.1, -0.05) is 38.1 Å². The predicted molar refractivity (Wildman–Crippen MR) is 75.1 cm³/mol. The van der Waals surface area contributed by atoms with Crippen molar-refractivity contribution in [2.75, 3.05) is 7.11 Å². The van der Waals surface area contributed by atoms with Crippen molar-refractivity contribution in [3.63, 3.8) is 0 Å². The zero-order chi connectivity index (χ0) is 17.2. The number of benzene rings is 1. The first-order valence-electron chi connectivity index (χ1n) is 7.07. The highest BCUT2D eigenvalue weighted by Crippen LogP contribution is 2.45. The van der Waals surface area contributed by atoms with E-state index in [9.17, 15) is 22.0 Å². The summed E-state index contributed by atoms with van der Waals surface area (Å²) in [6.45, 7) is 5.20. The Kier molecular flexibility index (Phi) is 5.60. The molecule has 22 heavy (non-hydrogen) atoms. The molecule has 2 unspecified atom stereocenters. The van der Waals surface area contributed by atoms with Crippen molar-refractivity contribution in [2.45, 2.75) is 57.2 Å².